The largest absolute Gasteiger partial charge is 0.611 e. The highest BCUT2D eigenvalue weighted by Gasteiger charge is 2.38. The monoisotopic (exact) mass is 598 g/mol. The number of methoxy groups -OCH3 is 1. The fourth-order valence-electron chi connectivity index (χ4n) is 5.05. The number of nitro groups is 1. The Labute approximate surface area is 247 Å². The number of carbonyl (C=O) groups excluding carboxylic acids is 2. The summed E-state index contributed by atoms with van der Waals surface area (Å²) in [5.74, 6) is -2.60. The average Bonchev–Trinajstić information content (AvgIpc) is 3.30. The highest BCUT2D eigenvalue weighted by atomic mass is 32.2. The van der Waals surface area contributed by atoms with Gasteiger partial charge < -0.3 is 28.8 Å². The maximum absolute atomic E-state index is 13.4. The van der Waals surface area contributed by atoms with E-state index in [-0.39, 0.29) is 29.5 Å². The predicted molar refractivity (Wildman–Crippen MR) is 154 cm³/mol. The molecule has 0 bridgehead atoms. The summed E-state index contributed by atoms with van der Waals surface area (Å²) >= 11 is -1.26. The van der Waals surface area contributed by atoms with Crippen molar-refractivity contribution in [1.82, 2.24) is 5.32 Å². The SMILES string of the molecule is COC(=O)C1=C(C)NC(C)=C(C(=O)OCCc2ccc([S+]([O-])CC3COC(C)(C)O3)cc2)C1c1cccc([N+](=O)[O-])c1. The first-order valence-electron chi connectivity index (χ1n) is 13.4. The molecule has 3 atom stereocenters. The molecule has 224 valence electrons. The number of ether oxygens (including phenoxy) is 4. The lowest BCUT2D eigenvalue weighted by atomic mass is 9.80. The second-order valence-electron chi connectivity index (χ2n) is 10.5. The molecule has 2 aromatic rings. The molecular formula is C30H34N2O9S. The molecule has 12 heteroatoms. The van der Waals surface area contributed by atoms with E-state index in [9.17, 15) is 24.3 Å². The highest BCUT2D eigenvalue weighted by molar-refractivity contribution is 7.91. The van der Waals surface area contributed by atoms with Crippen LogP contribution in [0.15, 0.2) is 76.0 Å². The Morgan fingerprint density at radius 1 is 1.10 bits per heavy atom. The molecule has 4 rings (SSSR count). The highest BCUT2D eigenvalue weighted by Crippen LogP contribution is 2.40. The molecule has 2 aromatic carbocycles. The van der Waals surface area contributed by atoms with Crippen molar-refractivity contribution >= 4 is 28.8 Å². The molecule has 1 fully saturated rings. The summed E-state index contributed by atoms with van der Waals surface area (Å²) in [5, 5.41) is 14.5. The maximum Gasteiger partial charge on any atom is 0.336 e. The van der Waals surface area contributed by atoms with Gasteiger partial charge in [-0.1, -0.05) is 24.3 Å². The van der Waals surface area contributed by atoms with E-state index >= 15 is 0 Å². The van der Waals surface area contributed by atoms with Crippen LogP contribution >= 0.6 is 0 Å². The minimum Gasteiger partial charge on any atom is -0.611 e. The second kappa shape index (κ2) is 13.1. The van der Waals surface area contributed by atoms with Gasteiger partial charge in [0.15, 0.2) is 10.7 Å². The summed E-state index contributed by atoms with van der Waals surface area (Å²) in [7, 11) is 1.23. The minimum absolute atomic E-state index is 0.0400. The van der Waals surface area contributed by atoms with Crippen LogP contribution in [0.3, 0.4) is 0 Å². The standard InChI is InChI=1S/C30H34N2O9S/c1-18-25(28(33)38-5)27(21-7-6-8-22(15-21)32(35)36)26(19(2)31-18)29(34)39-14-13-20-9-11-24(12-10-20)42(37)17-23-16-40-30(3,4)41-23/h6-12,15,23,27,31H,13-14,16-17H2,1-5H3. The zero-order chi connectivity index (χ0) is 30.6. The molecule has 0 spiro atoms. The van der Waals surface area contributed by atoms with Crippen molar-refractivity contribution < 1.29 is 38.0 Å². The van der Waals surface area contributed by atoms with Gasteiger partial charge in [-0.15, -0.1) is 0 Å². The van der Waals surface area contributed by atoms with E-state index in [4.69, 9.17) is 18.9 Å². The summed E-state index contributed by atoms with van der Waals surface area (Å²) in [5.41, 5.74) is 2.35. The molecule has 2 heterocycles. The predicted octanol–water partition coefficient (Wildman–Crippen LogP) is 4.05. The van der Waals surface area contributed by atoms with E-state index in [0.29, 0.717) is 40.6 Å². The number of rotatable bonds is 10. The molecule has 0 radical (unpaired) electrons. The normalized spacial score (nSPS) is 20.6. The fourth-order valence-corrected chi connectivity index (χ4v) is 6.19. The molecule has 11 nitrogen and oxygen atoms in total. The topological polar surface area (TPSA) is 149 Å². The van der Waals surface area contributed by atoms with Crippen molar-refractivity contribution in [2.75, 3.05) is 26.1 Å². The van der Waals surface area contributed by atoms with Crippen molar-refractivity contribution in [2.24, 2.45) is 0 Å². The Bertz CT molecular complexity index is 1420. The van der Waals surface area contributed by atoms with E-state index in [2.05, 4.69) is 5.32 Å². The number of carbonyl (C=O) groups is 2. The molecule has 0 saturated carbocycles. The number of non-ortho nitro benzene ring substituents is 1. The Hall–Kier alpha value is -3.71. The Morgan fingerprint density at radius 3 is 2.36 bits per heavy atom. The lowest BCUT2D eigenvalue weighted by molar-refractivity contribution is -0.384. The Morgan fingerprint density at radius 2 is 1.76 bits per heavy atom. The molecule has 1 saturated heterocycles. The number of nitrogens with zero attached hydrogens (tertiary/aromatic N) is 1. The molecule has 1 N–H and O–H groups in total. The van der Waals surface area contributed by atoms with Gasteiger partial charge >= 0.3 is 11.9 Å². The van der Waals surface area contributed by atoms with Gasteiger partial charge in [-0.3, -0.25) is 10.1 Å². The molecule has 0 amide bonds. The number of esters is 2. The van der Waals surface area contributed by atoms with E-state index in [1.807, 2.05) is 26.0 Å². The first-order chi connectivity index (χ1) is 19.9. The van der Waals surface area contributed by atoms with Crippen LogP contribution in [0.1, 0.15) is 44.7 Å². The van der Waals surface area contributed by atoms with Crippen LogP contribution in [0.4, 0.5) is 5.69 Å². The van der Waals surface area contributed by atoms with E-state index < -0.39 is 39.7 Å². The molecule has 0 aliphatic carbocycles. The third-order valence-electron chi connectivity index (χ3n) is 7.01. The number of allylic oxidation sites excluding steroid dienone is 2. The summed E-state index contributed by atoms with van der Waals surface area (Å²) in [6.07, 6.45) is 0.156. The van der Waals surface area contributed by atoms with Gasteiger partial charge in [0.2, 0.25) is 0 Å². The number of nitrogens with one attached hydrogen (secondary N) is 1. The molecule has 2 aliphatic rings. The van der Waals surface area contributed by atoms with Crippen LogP contribution in [0, 0.1) is 10.1 Å². The maximum atomic E-state index is 13.4. The van der Waals surface area contributed by atoms with Crippen LogP contribution < -0.4 is 5.32 Å². The van der Waals surface area contributed by atoms with E-state index in [1.165, 1.54) is 25.3 Å². The first kappa shape index (κ1) is 31.2. The lowest BCUT2D eigenvalue weighted by Gasteiger charge is -2.30. The summed E-state index contributed by atoms with van der Waals surface area (Å²) < 4.78 is 34.7. The van der Waals surface area contributed by atoms with Crippen molar-refractivity contribution in [2.45, 2.75) is 56.8 Å². The van der Waals surface area contributed by atoms with Gasteiger partial charge in [0, 0.05) is 29.9 Å². The van der Waals surface area contributed by atoms with Crippen molar-refractivity contribution in [3.8, 4) is 0 Å². The van der Waals surface area contributed by atoms with Gasteiger partial charge in [-0.2, -0.15) is 0 Å². The number of hydrogen-bond donors (Lipinski definition) is 1. The number of hydrogen-bond acceptors (Lipinski definition) is 10. The molecule has 3 unspecified atom stereocenters. The molecule has 0 aromatic heterocycles. The van der Waals surface area contributed by atoms with E-state index in [0.717, 1.165) is 5.56 Å². The molecule has 2 aliphatic heterocycles. The Kier molecular flexibility index (Phi) is 9.72. The summed E-state index contributed by atoms with van der Waals surface area (Å²) in [6, 6.07) is 13.0. The summed E-state index contributed by atoms with van der Waals surface area (Å²) in [4.78, 5) is 37.8. The second-order valence-corrected chi connectivity index (χ2v) is 12.0. The molecule has 42 heavy (non-hydrogen) atoms. The third kappa shape index (κ3) is 7.19. The number of nitro benzene ring substituents is 1. The van der Waals surface area contributed by atoms with Gasteiger partial charge in [-0.25, -0.2) is 9.59 Å². The summed E-state index contributed by atoms with van der Waals surface area (Å²) in [6.45, 7) is 7.44. The smallest absolute Gasteiger partial charge is 0.336 e. The average molecular weight is 599 g/mol. The quantitative estimate of drug-likeness (QED) is 0.184. The van der Waals surface area contributed by atoms with Gasteiger partial charge in [0.05, 0.1) is 42.3 Å². The third-order valence-corrected chi connectivity index (χ3v) is 8.49. The Balaban J connectivity index is 1.45. The van der Waals surface area contributed by atoms with E-state index in [1.54, 1.807) is 32.0 Å². The van der Waals surface area contributed by atoms with Crippen LogP contribution in [0.25, 0.3) is 0 Å². The van der Waals surface area contributed by atoms with Crippen LogP contribution in [-0.2, 0) is 46.1 Å². The first-order valence-corrected chi connectivity index (χ1v) is 14.7. The van der Waals surface area contributed by atoms with Crippen molar-refractivity contribution in [3.63, 3.8) is 0 Å². The van der Waals surface area contributed by atoms with Crippen molar-refractivity contribution in [3.05, 3.63) is 92.3 Å². The van der Waals surface area contributed by atoms with Gasteiger partial charge in [-0.05, 0) is 62.1 Å². The van der Waals surface area contributed by atoms with Gasteiger partial charge in [0.1, 0.15) is 11.9 Å². The van der Waals surface area contributed by atoms with Crippen LogP contribution in [-0.4, -0.2) is 59.4 Å². The molecular weight excluding hydrogens is 564 g/mol. The number of benzene rings is 2. The minimum atomic E-state index is -1.26. The van der Waals surface area contributed by atoms with Crippen LogP contribution in [0.5, 0.6) is 0 Å². The number of dihydropyridines is 1. The zero-order valence-corrected chi connectivity index (χ0v) is 24.9. The van der Waals surface area contributed by atoms with Crippen LogP contribution in [0.2, 0.25) is 0 Å². The lowest BCUT2D eigenvalue weighted by Crippen LogP contribution is -2.32. The van der Waals surface area contributed by atoms with Gasteiger partial charge in [0.25, 0.3) is 5.69 Å². The zero-order valence-electron chi connectivity index (χ0n) is 24.1. The van der Waals surface area contributed by atoms with Crippen molar-refractivity contribution in [1.29, 1.82) is 0 Å². The fraction of sp³-hybridized carbons (Fsp3) is 0.400.